The molecule has 1 heterocycles. The Bertz CT molecular complexity index is 2150. The van der Waals surface area contributed by atoms with Crippen molar-refractivity contribution in [1.82, 2.24) is 4.57 Å². The SMILES string of the molecule is Cc1ccc2c3cc4c(cc3n(-c3ccccc3)c2c1)-c1ccccc1C4(c1ccc(C=O)cc1)c1ccc(C=O)cc1. The normalized spacial score (nSPS) is 13.1. The van der Waals surface area contributed by atoms with Gasteiger partial charge in [-0.25, -0.2) is 0 Å². The Balaban J connectivity index is 1.54. The monoisotopic (exact) mass is 553 g/mol. The molecule has 0 atom stereocenters. The highest BCUT2D eigenvalue weighted by atomic mass is 16.1. The van der Waals surface area contributed by atoms with Gasteiger partial charge in [-0.3, -0.25) is 9.59 Å². The van der Waals surface area contributed by atoms with Crippen LogP contribution in [0.3, 0.4) is 0 Å². The highest BCUT2D eigenvalue weighted by Crippen LogP contribution is 2.57. The van der Waals surface area contributed by atoms with Crippen LogP contribution in [0.5, 0.6) is 0 Å². The molecule has 0 fully saturated rings. The molecule has 43 heavy (non-hydrogen) atoms. The van der Waals surface area contributed by atoms with Gasteiger partial charge in [-0.1, -0.05) is 103 Å². The van der Waals surface area contributed by atoms with Crippen LogP contribution in [-0.2, 0) is 5.41 Å². The molecule has 1 aliphatic rings. The molecule has 1 aromatic heterocycles. The van der Waals surface area contributed by atoms with Gasteiger partial charge in [0.2, 0.25) is 0 Å². The summed E-state index contributed by atoms with van der Waals surface area (Å²) in [6.45, 7) is 2.14. The molecule has 3 nitrogen and oxygen atoms in total. The van der Waals surface area contributed by atoms with Crippen molar-refractivity contribution in [2.45, 2.75) is 12.3 Å². The molecule has 1 aliphatic carbocycles. The van der Waals surface area contributed by atoms with E-state index in [9.17, 15) is 9.59 Å². The molecule has 3 heteroatoms. The fraction of sp³-hybridized carbons (Fsp3) is 0.0500. The predicted molar refractivity (Wildman–Crippen MR) is 174 cm³/mol. The van der Waals surface area contributed by atoms with Crippen LogP contribution in [0.1, 0.15) is 48.5 Å². The molecule has 0 aliphatic heterocycles. The van der Waals surface area contributed by atoms with Crippen molar-refractivity contribution in [1.29, 1.82) is 0 Å². The van der Waals surface area contributed by atoms with Crippen molar-refractivity contribution in [2.24, 2.45) is 0 Å². The third-order valence-electron chi connectivity index (χ3n) is 9.06. The van der Waals surface area contributed by atoms with Crippen LogP contribution >= 0.6 is 0 Å². The number of nitrogens with zero attached hydrogens (tertiary/aromatic N) is 1. The number of carbonyl (C=O) groups is 2. The highest BCUT2D eigenvalue weighted by molar-refractivity contribution is 6.12. The van der Waals surface area contributed by atoms with E-state index in [1.165, 1.54) is 44.1 Å². The van der Waals surface area contributed by atoms with Crippen molar-refractivity contribution >= 4 is 34.4 Å². The third-order valence-corrected chi connectivity index (χ3v) is 9.06. The summed E-state index contributed by atoms with van der Waals surface area (Å²) < 4.78 is 2.37. The van der Waals surface area contributed by atoms with E-state index >= 15 is 0 Å². The van der Waals surface area contributed by atoms with Crippen LogP contribution in [0.25, 0.3) is 38.6 Å². The maximum Gasteiger partial charge on any atom is 0.150 e. The first-order valence-electron chi connectivity index (χ1n) is 14.5. The average Bonchev–Trinajstić information content (AvgIpc) is 3.53. The first-order chi connectivity index (χ1) is 21.1. The second-order valence-electron chi connectivity index (χ2n) is 11.4. The topological polar surface area (TPSA) is 39.1 Å². The lowest BCUT2D eigenvalue weighted by molar-refractivity contribution is 0.111. The summed E-state index contributed by atoms with van der Waals surface area (Å²) in [7, 11) is 0. The standard InChI is InChI=1S/C40H27NO2/c1-26-11-20-33-35-22-37-34(23-39(35)41(38(33)21-26)31-7-3-2-4-8-31)32-9-5-6-10-36(32)40(37,29-16-12-27(24-42)13-17-29)30-18-14-28(25-43)15-19-30/h2-25H,1H3. The summed E-state index contributed by atoms with van der Waals surface area (Å²) in [4.78, 5) is 23.3. The molecule has 0 spiro atoms. The van der Waals surface area contributed by atoms with Gasteiger partial charge in [0.25, 0.3) is 0 Å². The van der Waals surface area contributed by atoms with Gasteiger partial charge in [-0.15, -0.1) is 0 Å². The van der Waals surface area contributed by atoms with E-state index in [0.29, 0.717) is 11.1 Å². The number of hydrogen-bond donors (Lipinski definition) is 0. The third kappa shape index (κ3) is 3.55. The Morgan fingerprint density at radius 1 is 0.535 bits per heavy atom. The van der Waals surface area contributed by atoms with Gasteiger partial charge in [0.15, 0.2) is 0 Å². The minimum Gasteiger partial charge on any atom is -0.309 e. The predicted octanol–water partition coefficient (Wildman–Crippen LogP) is 9.08. The molecule has 204 valence electrons. The largest absolute Gasteiger partial charge is 0.309 e. The summed E-state index contributed by atoms with van der Waals surface area (Å²) in [5.74, 6) is 0. The number of hydrogen-bond acceptors (Lipinski definition) is 2. The number of aldehydes is 2. The fourth-order valence-corrected chi connectivity index (χ4v) is 7.16. The number of rotatable bonds is 5. The summed E-state index contributed by atoms with van der Waals surface area (Å²) in [6, 6.07) is 46.5. The van der Waals surface area contributed by atoms with E-state index in [2.05, 4.69) is 121 Å². The van der Waals surface area contributed by atoms with Gasteiger partial charge < -0.3 is 4.57 Å². The number of benzene rings is 6. The van der Waals surface area contributed by atoms with Gasteiger partial charge in [0.05, 0.1) is 16.4 Å². The number of fused-ring (bicyclic) bond motifs is 6. The molecular formula is C40H27NO2. The van der Waals surface area contributed by atoms with Crippen LogP contribution in [0.15, 0.2) is 133 Å². The molecular weight excluding hydrogens is 526 g/mol. The zero-order chi connectivity index (χ0) is 29.1. The smallest absolute Gasteiger partial charge is 0.150 e. The van der Waals surface area contributed by atoms with Crippen LogP contribution in [0.4, 0.5) is 0 Å². The molecule has 7 aromatic rings. The van der Waals surface area contributed by atoms with E-state index in [1.807, 2.05) is 24.3 Å². The van der Waals surface area contributed by atoms with E-state index in [-0.39, 0.29) is 0 Å². The number of carbonyl (C=O) groups excluding carboxylic acids is 2. The van der Waals surface area contributed by atoms with Crippen LogP contribution in [-0.4, -0.2) is 17.1 Å². The maximum absolute atomic E-state index is 11.6. The lowest BCUT2D eigenvalue weighted by Crippen LogP contribution is -2.28. The zero-order valence-electron chi connectivity index (χ0n) is 23.6. The molecule has 0 N–H and O–H groups in total. The Morgan fingerprint density at radius 3 is 1.79 bits per heavy atom. The van der Waals surface area contributed by atoms with Crippen LogP contribution in [0.2, 0.25) is 0 Å². The zero-order valence-corrected chi connectivity index (χ0v) is 23.6. The van der Waals surface area contributed by atoms with Crippen molar-refractivity contribution in [3.8, 4) is 16.8 Å². The fourth-order valence-electron chi connectivity index (χ4n) is 7.16. The lowest BCUT2D eigenvalue weighted by atomic mass is 9.67. The van der Waals surface area contributed by atoms with Crippen molar-refractivity contribution < 1.29 is 9.59 Å². The van der Waals surface area contributed by atoms with E-state index in [0.717, 1.165) is 34.9 Å². The molecule has 8 rings (SSSR count). The van der Waals surface area contributed by atoms with E-state index in [1.54, 1.807) is 0 Å². The number of aromatic nitrogens is 1. The van der Waals surface area contributed by atoms with Crippen LogP contribution < -0.4 is 0 Å². The second kappa shape index (κ2) is 9.50. The first kappa shape index (κ1) is 25.2. The Morgan fingerprint density at radius 2 is 1.14 bits per heavy atom. The minimum absolute atomic E-state index is 0.637. The Hall–Kier alpha value is -5.54. The number of aryl methyl sites for hydroxylation is 1. The van der Waals surface area contributed by atoms with E-state index < -0.39 is 5.41 Å². The van der Waals surface area contributed by atoms with Crippen molar-refractivity contribution in [2.75, 3.05) is 0 Å². The average molecular weight is 554 g/mol. The quantitative estimate of drug-likeness (QED) is 0.199. The Labute approximate surface area is 249 Å². The number of para-hydroxylation sites is 1. The summed E-state index contributed by atoms with van der Waals surface area (Å²) in [6.07, 6.45) is 1.77. The molecule has 0 amide bonds. The van der Waals surface area contributed by atoms with Gasteiger partial charge in [-0.2, -0.15) is 0 Å². The molecule has 0 saturated heterocycles. The van der Waals surface area contributed by atoms with Gasteiger partial charge in [-0.05, 0) is 76.2 Å². The van der Waals surface area contributed by atoms with Gasteiger partial charge >= 0.3 is 0 Å². The molecule has 6 aromatic carbocycles. The van der Waals surface area contributed by atoms with Crippen molar-refractivity contribution in [3.63, 3.8) is 0 Å². The highest BCUT2D eigenvalue weighted by Gasteiger charge is 2.46. The maximum atomic E-state index is 11.6. The first-order valence-corrected chi connectivity index (χ1v) is 14.5. The summed E-state index contributed by atoms with van der Waals surface area (Å²) in [5, 5.41) is 2.38. The lowest BCUT2D eigenvalue weighted by Gasteiger charge is -2.34. The molecule has 0 radical (unpaired) electrons. The van der Waals surface area contributed by atoms with Crippen LogP contribution in [0, 0.1) is 6.92 Å². The molecule has 0 unspecified atom stereocenters. The second-order valence-corrected chi connectivity index (χ2v) is 11.4. The van der Waals surface area contributed by atoms with Gasteiger partial charge in [0.1, 0.15) is 12.6 Å². The Kier molecular flexibility index (Phi) is 5.57. The summed E-state index contributed by atoms with van der Waals surface area (Å²) in [5.41, 5.74) is 12.2. The molecule has 0 bridgehead atoms. The molecule has 0 saturated carbocycles. The van der Waals surface area contributed by atoms with E-state index in [4.69, 9.17) is 0 Å². The minimum atomic E-state index is -0.644. The van der Waals surface area contributed by atoms with Gasteiger partial charge in [0, 0.05) is 27.6 Å². The van der Waals surface area contributed by atoms with Crippen molar-refractivity contribution in [3.05, 3.63) is 172 Å². The summed E-state index contributed by atoms with van der Waals surface area (Å²) >= 11 is 0.